The highest BCUT2D eigenvalue weighted by molar-refractivity contribution is 7.90. The lowest BCUT2D eigenvalue weighted by atomic mass is 10.5. The van der Waals surface area contributed by atoms with Crippen LogP contribution in [0.4, 0.5) is 0 Å². The summed E-state index contributed by atoms with van der Waals surface area (Å²) in [7, 11) is 0. The number of hydrogen-bond donors (Lipinski definition) is 0. The van der Waals surface area contributed by atoms with Gasteiger partial charge >= 0.3 is 0 Å². The minimum absolute atomic E-state index is 0.402. The van der Waals surface area contributed by atoms with Gasteiger partial charge in [-0.2, -0.15) is 0 Å². The van der Waals surface area contributed by atoms with E-state index in [0.29, 0.717) is 12.3 Å². The van der Waals surface area contributed by atoms with Crippen LogP contribution >= 0.6 is 0 Å². The van der Waals surface area contributed by atoms with Crippen LogP contribution in [0.25, 0.3) is 0 Å². The van der Waals surface area contributed by atoms with Crippen LogP contribution in [0.2, 0.25) is 0 Å². The topological polar surface area (TPSA) is 46.9 Å². The van der Waals surface area contributed by atoms with Crippen molar-refractivity contribution in [3.8, 4) is 0 Å². The van der Waals surface area contributed by atoms with Crippen LogP contribution in [0.15, 0.2) is 0 Å². The molecule has 0 aliphatic heterocycles. The average molecular weight is 120 g/mol. The molecule has 43 valence electrons. The third kappa shape index (κ3) is 6.27. The van der Waals surface area contributed by atoms with E-state index < -0.39 is 11.2 Å². The van der Waals surface area contributed by atoms with Gasteiger partial charge < -0.3 is 4.55 Å². The van der Waals surface area contributed by atoms with Crippen LogP contribution in [0, 0.1) is 0 Å². The van der Waals surface area contributed by atoms with Gasteiger partial charge in [-0.15, -0.1) is 0 Å². The third-order valence-electron chi connectivity index (χ3n) is 0.609. The second kappa shape index (κ2) is 4.43. The molecule has 0 fully saturated rings. The molecule has 0 heterocycles. The summed E-state index contributed by atoms with van der Waals surface area (Å²) < 4.78 is 10.2. The summed E-state index contributed by atoms with van der Waals surface area (Å²) in [5, 5.41) is 0. The van der Waals surface area contributed by atoms with E-state index in [1.165, 1.54) is 0 Å². The molecule has 0 aliphatic rings. The van der Waals surface area contributed by atoms with Crippen molar-refractivity contribution in [1.29, 1.82) is 0 Å². The molecule has 0 aliphatic carbocycles. The minimum Gasteiger partial charge on any atom is -0.617 e. The van der Waals surface area contributed by atoms with E-state index >= 15 is 0 Å². The maximum Gasteiger partial charge on any atom is 0.106 e. The SMILES string of the molecule is C[S+]([O-])CCC[NH]. The average Bonchev–Trinajstić information content (AvgIpc) is 1.61. The van der Waals surface area contributed by atoms with Crippen molar-refractivity contribution in [2.24, 2.45) is 0 Å². The third-order valence-corrected chi connectivity index (χ3v) is 1.47. The second-order valence-electron chi connectivity index (χ2n) is 1.38. The van der Waals surface area contributed by atoms with Crippen LogP contribution in [0.5, 0.6) is 0 Å². The molecular weight excluding hydrogens is 110 g/mol. The van der Waals surface area contributed by atoms with Gasteiger partial charge in [0, 0.05) is 13.0 Å². The molecule has 1 unspecified atom stereocenters. The minimum atomic E-state index is -0.685. The highest BCUT2D eigenvalue weighted by Crippen LogP contribution is 1.84. The molecule has 2 nitrogen and oxygen atoms in total. The Kier molecular flexibility index (Phi) is 4.60. The Morgan fingerprint density at radius 3 is 2.43 bits per heavy atom. The zero-order chi connectivity index (χ0) is 5.70. The Morgan fingerprint density at radius 1 is 1.71 bits per heavy atom. The van der Waals surface area contributed by atoms with Gasteiger partial charge in [0.25, 0.3) is 0 Å². The highest BCUT2D eigenvalue weighted by atomic mass is 32.2. The van der Waals surface area contributed by atoms with Crippen LogP contribution < -0.4 is 5.73 Å². The molecule has 0 saturated carbocycles. The summed E-state index contributed by atoms with van der Waals surface area (Å²) in [5.74, 6) is 0.684. The molecule has 1 radical (unpaired) electrons. The molecule has 0 rings (SSSR count). The molecule has 0 saturated heterocycles. The van der Waals surface area contributed by atoms with Gasteiger partial charge in [-0.3, -0.25) is 5.73 Å². The van der Waals surface area contributed by atoms with Crippen molar-refractivity contribution in [2.45, 2.75) is 6.42 Å². The fourth-order valence-corrected chi connectivity index (χ4v) is 0.826. The lowest BCUT2D eigenvalue weighted by molar-refractivity contribution is 0.598. The lowest BCUT2D eigenvalue weighted by Crippen LogP contribution is -2.04. The first-order valence-electron chi connectivity index (χ1n) is 2.22. The zero-order valence-electron chi connectivity index (χ0n) is 4.44. The molecule has 0 aromatic rings. The summed E-state index contributed by atoms with van der Waals surface area (Å²) in [5.41, 5.74) is 6.66. The summed E-state index contributed by atoms with van der Waals surface area (Å²) in [6, 6.07) is 0. The standard InChI is InChI=1S/C4H10NOS/c1-7(6)4-2-3-5/h5H,2-4H2,1H3. The van der Waals surface area contributed by atoms with Gasteiger partial charge in [0.15, 0.2) is 0 Å². The van der Waals surface area contributed by atoms with E-state index in [9.17, 15) is 4.55 Å². The molecule has 0 bridgehead atoms. The van der Waals surface area contributed by atoms with Gasteiger partial charge in [0.05, 0.1) is 6.26 Å². The number of hydrogen-bond acceptors (Lipinski definition) is 1. The van der Waals surface area contributed by atoms with Crippen LogP contribution in [-0.2, 0) is 11.2 Å². The number of rotatable bonds is 3. The van der Waals surface area contributed by atoms with Crippen molar-refractivity contribution in [3.05, 3.63) is 0 Å². The molecular formula is C4H10NOS. The first-order chi connectivity index (χ1) is 3.27. The maximum atomic E-state index is 10.2. The smallest absolute Gasteiger partial charge is 0.106 e. The Hall–Kier alpha value is 0.270. The van der Waals surface area contributed by atoms with Crippen molar-refractivity contribution >= 4 is 11.2 Å². The van der Waals surface area contributed by atoms with Gasteiger partial charge in [-0.1, -0.05) is 11.2 Å². The lowest BCUT2D eigenvalue weighted by Gasteiger charge is -2.00. The Balaban J connectivity index is 2.68. The molecule has 0 spiro atoms. The molecule has 0 aromatic heterocycles. The van der Waals surface area contributed by atoms with E-state index in [-0.39, 0.29) is 0 Å². The van der Waals surface area contributed by atoms with Gasteiger partial charge in [0.2, 0.25) is 0 Å². The summed E-state index contributed by atoms with van der Waals surface area (Å²) in [4.78, 5) is 0. The summed E-state index contributed by atoms with van der Waals surface area (Å²) >= 11 is -0.685. The molecule has 3 heteroatoms. The summed E-state index contributed by atoms with van der Waals surface area (Å²) in [6.07, 6.45) is 2.43. The number of nitrogens with one attached hydrogen (secondary N) is 1. The van der Waals surface area contributed by atoms with E-state index in [0.717, 1.165) is 6.42 Å². The fourth-order valence-electron chi connectivity index (χ4n) is 0.275. The molecule has 0 amide bonds. The Morgan fingerprint density at radius 2 is 2.29 bits per heavy atom. The van der Waals surface area contributed by atoms with E-state index in [2.05, 4.69) is 0 Å². The predicted molar refractivity (Wildman–Crippen MR) is 31.5 cm³/mol. The first-order valence-corrected chi connectivity index (χ1v) is 3.94. The van der Waals surface area contributed by atoms with Crippen molar-refractivity contribution in [2.75, 3.05) is 18.6 Å². The predicted octanol–water partition coefficient (Wildman–Crippen LogP) is 0.0379. The molecule has 1 N–H and O–H groups in total. The van der Waals surface area contributed by atoms with Crippen LogP contribution in [0.3, 0.4) is 0 Å². The fraction of sp³-hybridized carbons (Fsp3) is 1.00. The highest BCUT2D eigenvalue weighted by Gasteiger charge is 1.91. The van der Waals surface area contributed by atoms with E-state index in [1.807, 2.05) is 0 Å². The normalized spacial score (nSPS) is 14.1. The van der Waals surface area contributed by atoms with Crippen LogP contribution in [0.1, 0.15) is 6.42 Å². The van der Waals surface area contributed by atoms with Crippen molar-refractivity contribution in [1.82, 2.24) is 5.73 Å². The second-order valence-corrected chi connectivity index (χ2v) is 2.94. The summed E-state index contributed by atoms with van der Waals surface area (Å²) in [6.45, 7) is 0.402. The van der Waals surface area contributed by atoms with Gasteiger partial charge in [-0.25, -0.2) is 0 Å². The van der Waals surface area contributed by atoms with Gasteiger partial charge in [-0.05, 0) is 0 Å². The Bertz CT molecular complexity index is 40.7. The van der Waals surface area contributed by atoms with Crippen LogP contribution in [-0.4, -0.2) is 23.1 Å². The molecule has 1 atom stereocenters. The van der Waals surface area contributed by atoms with Crippen molar-refractivity contribution < 1.29 is 4.55 Å². The Labute approximate surface area is 47.3 Å². The maximum absolute atomic E-state index is 10.2. The molecule has 0 aromatic carbocycles. The molecule has 7 heavy (non-hydrogen) atoms. The van der Waals surface area contributed by atoms with Gasteiger partial charge in [0.1, 0.15) is 5.75 Å². The van der Waals surface area contributed by atoms with E-state index in [1.54, 1.807) is 6.26 Å². The van der Waals surface area contributed by atoms with Crippen molar-refractivity contribution in [3.63, 3.8) is 0 Å². The van der Waals surface area contributed by atoms with E-state index in [4.69, 9.17) is 5.73 Å². The largest absolute Gasteiger partial charge is 0.617 e. The monoisotopic (exact) mass is 120 g/mol. The first kappa shape index (κ1) is 7.27. The quantitative estimate of drug-likeness (QED) is 0.485. The zero-order valence-corrected chi connectivity index (χ0v) is 5.25.